The van der Waals surface area contributed by atoms with Gasteiger partial charge in [-0.3, -0.25) is 4.79 Å². The minimum atomic E-state index is -0.699. The third-order valence-corrected chi connectivity index (χ3v) is 5.33. The molecule has 154 valence electrons. The molecule has 1 fully saturated rings. The fourth-order valence-corrected chi connectivity index (χ4v) is 3.64. The first-order chi connectivity index (χ1) is 14.4. The van der Waals surface area contributed by atoms with Crippen LogP contribution in [-0.2, 0) is 10.2 Å². The minimum Gasteiger partial charge on any atom is -0.489 e. The van der Waals surface area contributed by atoms with Crippen LogP contribution in [0.1, 0.15) is 23.5 Å². The zero-order chi connectivity index (χ0) is 21.3. The van der Waals surface area contributed by atoms with Crippen molar-refractivity contribution >= 4 is 11.6 Å². The number of aromatic nitrogens is 3. The summed E-state index contributed by atoms with van der Waals surface area (Å²) >= 11 is 0. The number of amides is 1. The molecule has 2 heterocycles. The van der Waals surface area contributed by atoms with Gasteiger partial charge in [-0.1, -0.05) is 12.1 Å². The van der Waals surface area contributed by atoms with Gasteiger partial charge in [0.1, 0.15) is 11.6 Å². The van der Waals surface area contributed by atoms with E-state index in [2.05, 4.69) is 20.3 Å². The maximum absolute atomic E-state index is 13.9. The van der Waals surface area contributed by atoms with Crippen molar-refractivity contribution in [2.24, 2.45) is 5.92 Å². The standard InChI is InChI=1S/C22H20F2N4O2/c1-13-19(11-26-14(2)27-13)30-12-22(15-4-3-5-16(23)8-15)10-18(22)21(29)28-17-6-7-25-20(24)9-17/h3-9,11,18H,10,12H2,1-2H3,(H,25,28,29)/t18-,22+/m0/s1. The molecule has 0 unspecified atom stereocenters. The number of carbonyl (C=O) groups excluding carboxylic acids is 1. The summed E-state index contributed by atoms with van der Waals surface area (Å²) in [5.74, 6) is -0.665. The van der Waals surface area contributed by atoms with Gasteiger partial charge in [-0.25, -0.2) is 19.3 Å². The number of halogens is 2. The number of benzene rings is 1. The molecule has 3 aromatic rings. The molecular weight excluding hydrogens is 390 g/mol. The number of hydrogen-bond acceptors (Lipinski definition) is 5. The van der Waals surface area contributed by atoms with Crippen LogP contribution in [0.25, 0.3) is 0 Å². The van der Waals surface area contributed by atoms with Gasteiger partial charge in [-0.2, -0.15) is 4.39 Å². The van der Waals surface area contributed by atoms with Crippen molar-refractivity contribution < 1.29 is 18.3 Å². The van der Waals surface area contributed by atoms with Crippen molar-refractivity contribution in [2.45, 2.75) is 25.7 Å². The zero-order valence-electron chi connectivity index (χ0n) is 16.5. The van der Waals surface area contributed by atoms with E-state index in [9.17, 15) is 13.6 Å². The van der Waals surface area contributed by atoms with Crippen LogP contribution >= 0.6 is 0 Å². The van der Waals surface area contributed by atoms with Gasteiger partial charge >= 0.3 is 0 Å². The maximum atomic E-state index is 13.9. The highest BCUT2D eigenvalue weighted by atomic mass is 19.1. The van der Waals surface area contributed by atoms with Gasteiger partial charge in [0.2, 0.25) is 11.9 Å². The average Bonchev–Trinajstić information content (AvgIpc) is 3.43. The van der Waals surface area contributed by atoms with E-state index in [1.807, 2.05) is 6.92 Å². The second-order valence-electron chi connectivity index (χ2n) is 7.44. The lowest BCUT2D eigenvalue weighted by atomic mass is 9.93. The second kappa shape index (κ2) is 7.78. The van der Waals surface area contributed by atoms with Gasteiger partial charge in [-0.05, 0) is 44.0 Å². The van der Waals surface area contributed by atoms with Gasteiger partial charge in [0.15, 0.2) is 5.75 Å². The smallest absolute Gasteiger partial charge is 0.228 e. The zero-order valence-corrected chi connectivity index (χ0v) is 16.5. The lowest BCUT2D eigenvalue weighted by molar-refractivity contribution is -0.117. The summed E-state index contributed by atoms with van der Waals surface area (Å²) < 4.78 is 33.2. The van der Waals surface area contributed by atoms with Crippen LogP contribution in [0.2, 0.25) is 0 Å². The summed E-state index contributed by atoms with van der Waals surface area (Å²) in [7, 11) is 0. The van der Waals surface area contributed by atoms with Crippen molar-refractivity contribution in [1.29, 1.82) is 0 Å². The summed E-state index contributed by atoms with van der Waals surface area (Å²) in [4.78, 5) is 24.8. The van der Waals surface area contributed by atoms with Crippen molar-refractivity contribution in [3.63, 3.8) is 0 Å². The van der Waals surface area contributed by atoms with E-state index in [1.54, 1.807) is 25.3 Å². The van der Waals surface area contributed by atoms with E-state index in [0.29, 0.717) is 34.9 Å². The lowest BCUT2D eigenvalue weighted by Gasteiger charge is -2.20. The van der Waals surface area contributed by atoms with Crippen molar-refractivity contribution in [2.75, 3.05) is 11.9 Å². The van der Waals surface area contributed by atoms with E-state index >= 15 is 0 Å². The highest BCUT2D eigenvalue weighted by Crippen LogP contribution is 2.55. The van der Waals surface area contributed by atoms with E-state index in [1.165, 1.54) is 24.4 Å². The van der Waals surface area contributed by atoms with Crippen LogP contribution < -0.4 is 10.1 Å². The van der Waals surface area contributed by atoms with Gasteiger partial charge < -0.3 is 10.1 Å². The Balaban J connectivity index is 1.57. The monoisotopic (exact) mass is 410 g/mol. The predicted molar refractivity (Wildman–Crippen MR) is 106 cm³/mol. The molecule has 1 amide bonds. The number of carbonyl (C=O) groups is 1. The molecule has 0 saturated heterocycles. The number of nitrogens with one attached hydrogen (secondary N) is 1. The van der Waals surface area contributed by atoms with E-state index < -0.39 is 17.3 Å². The normalized spacial score (nSPS) is 19.9. The largest absolute Gasteiger partial charge is 0.489 e. The fraction of sp³-hybridized carbons (Fsp3) is 0.273. The van der Waals surface area contributed by atoms with Crippen molar-refractivity contribution in [3.8, 4) is 5.75 Å². The van der Waals surface area contributed by atoms with Gasteiger partial charge in [0.05, 0.1) is 24.4 Å². The van der Waals surface area contributed by atoms with E-state index in [4.69, 9.17) is 4.74 Å². The topological polar surface area (TPSA) is 77.0 Å². The molecule has 2 aromatic heterocycles. The predicted octanol–water partition coefficient (Wildman–Crippen LogP) is 3.74. The van der Waals surface area contributed by atoms with Crippen LogP contribution in [0.4, 0.5) is 14.5 Å². The Morgan fingerprint density at radius 3 is 2.80 bits per heavy atom. The average molecular weight is 410 g/mol. The Kier molecular flexibility index (Phi) is 5.15. The Morgan fingerprint density at radius 2 is 2.07 bits per heavy atom. The molecule has 2 atom stereocenters. The Bertz CT molecular complexity index is 1110. The van der Waals surface area contributed by atoms with Crippen molar-refractivity contribution in [3.05, 3.63) is 77.6 Å². The number of anilines is 1. The number of aryl methyl sites for hydroxylation is 2. The molecule has 0 radical (unpaired) electrons. The van der Waals surface area contributed by atoms with Gasteiger partial charge in [-0.15, -0.1) is 0 Å². The van der Waals surface area contributed by atoms with Crippen molar-refractivity contribution in [1.82, 2.24) is 15.0 Å². The van der Waals surface area contributed by atoms with Gasteiger partial charge in [0.25, 0.3) is 0 Å². The Morgan fingerprint density at radius 1 is 1.23 bits per heavy atom. The molecule has 0 aliphatic heterocycles. The molecule has 1 saturated carbocycles. The quantitative estimate of drug-likeness (QED) is 0.627. The molecule has 1 N–H and O–H groups in total. The summed E-state index contributed by atoms with van der Waals surface area (Å²) in [5.41, 5.74) is 0.978. The molecule has 1 aliphatic carbocycles. The van der Waals surface area contributed by atoms with Crippen LogP contribution in [0, 0.1) is 31.5 Å². The fourth-order valence-electron chi connectivity index (χ4n) is 3.64. The number of pyridine rings is 1. The Labute approximate surface area is 172 Å². The van der Waals surface area contributed by atoms with E-state index in [0.717, 1.165) is 6.07 Å². The van der Waals surface area contributed by atoms with E-state index in [-0.39, 0.29) is 18.3 Å². The number of rotatable bonds is 6. The Hall–Kier alpha value is -3.42. The molecule has 0 bridgehead atoms. The first-order valence-electron chi connectivity index (χ1n) is 9.49. The maximum Gasteiger partial charge on any atom is 0.228 e. The molecule has 1 aromatic carbocycles. The first kappa shape index (κ1) is 19.9. The summed E-state index contributed by atoms with van der Waals surface area (Å²) in [6.45, 7) is 3.76. The van der Waals surface area contributed by atoms with Crippen LogP contribution in [0.5, 0.6) is 5.75 Å². The molecule has 1 aliphatic rings. The summed E-state index contributed by atoms with van der Waals surface area (Å²) in [6.07, 6.45) is 3.34. The molecule has 4 rings (SSSR count). The molecule has 6 nitrogen and oxygen atoms in total. The minimum absolute atomic E-state index is 0.159. The summed E-state index contributed by atoms with van der Waals surface area (Å²) in [5, 5.41) is 2.71. The third-order valence-electron chi connectivity index (χ3n) is 5.33. The molecule has 8 heteroatoms. The molecule has 30 heavy (non-hydrogen) atoms. The SMILES string of the molecule is Cc1ncc(OC[C@@]2(c3cccc(F)c3)C[C@H]2C(=O)Nc2ccnc(F)c2)c(C)n1. The number of nitrogens with zero attached hydrogens (tertiary/aromatic N) is 3. The number of ether oxygens (including phenoxy) is 1. The number of hydrogen-bond donors (Lipinski definition) is 1. The molecular formula is C22H20F2N4O2. The first-order valence-corrected chi connectivity index (χ1v) is 9.49. The summed E-state index contributed by atoms with van der Waals surface area (Å²) in [6, 6.07) is 8.82. The highest BCUT2D eigenvalue weighted by molar-refractivity contribution is 5.96. The van der Waals surface area contributed by atoms with Crippen LogP contribution in [0.3, 0.4) is 0 Å². The molecule has 0 spiro atoms. The lowest BCUT2D eigenvalue weighted by Crippen LogP contribution is -2.27. The second-order valence-corrected chi connectivity index (χ2v) is 7.44. The third kappa shape index (κ3) is 3.98. The van der Waals surface area contributed by atoms with Crippen LogP contribution in [-0.4, -0.2) is 27.5 Å². The van der Waals surface area contributed by atoms with Crippen LogP contribution in [0.15, 0.2) is 48.8 Å². The van der Waals surface area contributed by atoms with Gasteiger partial charge in [0, 0.05) is 23.4 Å². The highest BCUT2D eigenvalue weighted by Gasteiger charge is 2.60.